The molecule has 0 amide bonds. The fourth-order valence-electron chi connectivity index (χ4n) is 1.78. The number of hydrogen-bond donors (Lipinski definition) is 1. The highest BCUT2D eigenvalue weighted by Gasteiger charge is 2.37. The lowest BCUT2D eigenvalue weighted by molar-refractivity contribution is 0.309. The summed E-state index contributed by atoms with van der Waals surface area (Å²) in [5.41, 5.74) is 7.51. The van der Waals surface area contributed by atoms with Gasteiger partial charge in [-0.3, -0.25) is 0 Å². The Balaban J connectivity index is 1.84. The number of ether oxygens (including phenoxy) is 1. The van der Waals surface area contributed by atoms with Gasteiger partial charge in [-0.1, -0.05) is 25.5 Å². The molecule has 2 N–H and O–H groups in total. The van der Waals surface area contributed by atoms with E-state index in [2.05, 4.69) is 31.2 Å². The van der Waals surface area contributed by atoms with Crippen molar-refractivity contribution in [2.45, 2.75) is 44.6 Å². The molecule has 1 fully saturated rings. The summed E-state index contributed by atoms with van der Waals surface area (Å²) in [6.07, 6.45) is 5.63. The second-order valence-electron chi connectivity index (χ2n) is 4.89. The van der Waals surface area contributed by atoms with Crippen LogP contribution < -0.4 is 10.5 Å². The number of unbranched alkanes of at least 4 members (excludes halogenated alkanes) is 1. The van der Waals surface area contributed by atoms with Crippen molar-refractivity contribution in [3.8, 4) is 5.75 Å². The van der Waals surface area contributed by atoms with E-state index >= 15 is 0 Å². The van der Waals surface area contributed by atoms with E-state index in [1.165, 1.54) is 24.8 Å². The molecule has 0 aliphatic heterocycles. The fraction of sp³-hybridized carbons (Fsp3) is 0.571. The first kappa shape index (κ1) is 11.5. The SMILES string of the molecule is CCCCOc1ccc(CC2(N)CC2)cc1. The molecule has 16 heavy (non-hydrogen) atoms. The molecule has 0 saturated heterocycles. The van der Waals surface area contributed by atoms with Crippen LogP contribution >= 0.6 is 0 Å². The molecule has 0 unspecified atom stereocenters. The molecule has 2 rings (SSSR count). The molecule has 0 heterocycles. The van der Waals surface area contributed by atoms with E-state index < -0.39 is 0 Å². The third-order valence-corrected chi connectivity index (χ3v) is 3.14. The Morgan fingerprint density at radius 3 is 2.50 bits per heavy atom. The van der Waals surface area contributed by atoms with Crippen molar-refractivity contribution in [2.24, 2.45) is 5.73 Å². The highest BCUT2D eigenvalue weighted by Crippen LogP contribution is 2.35. The molecule has 1 aromatic carbocycles. The zero-order valence-electron chi connectivity index (χ0n) is 10.0. The normalized spacial score (nSPS) is 17.1. The van der Waals surface area contributed by atoms with Crippen molar-refractivity contribution in [1.29, 1.82) is 0 Å². The zero-order valence-corrected chi connectivity index (χ0v) is 10.0. The predicted octanol–water partition coefficient (Wildman–Crippen LogP) is 2.90. The van der Waals surface area contributed by atoms with Crippen LogP contribution in [-0.4, -0.2) is 12.1 Å². The maximum Gasteiger partial charge on any atom is 0.119 e. The van der Waals surface area contributed by atoms with Crippen molar-refractivity contribution < 1.29 is 4.74 Å². The smallest absolute Gasteiger partial charge is 0.119 e. The molecule has 88 valence electrons. The number of nitrogens with two attached hydrogens (primary N) is 1. The third-order valence-electron chi connectivity index (χ3n) is 3.14. The summed E-state index contributed by atoms with van der Waals surface area (Å²) in [6, 6.07) is 8.37. The maximum absolute atomic E-state index is 6.08. The van der Waals surface area contributed by atoms with Crippen molar-refractivity contribution in [2.75, 3.05) is 6.61 Å². The second kappa shape index (κ2) is 4.88. The van der Waals surface area contributed by atoms with Gasteiger partial charge in [0.15, 0.2) is 0 Å². The molecular weight excluding hydrogens is 198 g/mol. The van der Waals surface area contributed by atoms with E-state index in [-0.39, 0.29) is 5.54 Å². The number of rotatable bonds is 6. The Kier molecular flexibility index (Phi) is 3.49. The minimum atomic E-state index is 0.102. The quantitative estimate of drug-likeness (QED) is 0.747. The molecule has 0 aromatic heterocycles. The Labute approximate surface area is 97.8 Å². The van der Waals surface area contributed by atoms with Crippen LogP contribution in [0.25, 0.3) is 0 Å². The van der Waals surface area contributed by atoms with Gasteiger partial charge in [-0.15, -0.1) is 0 Å². The zero-order chi connectivity index (χ0) is 11.4. The maximum atomic E-state index is 6.08. The first-order chi connectivity index (χ1) is 7.72. The van der Waals surface area contributed by atoms with Crippen LogP contribution in [0.4, 0.5) is 0 Å². The van der Waals surface area contributed by atoms with Gasteiger partial charge in [0.2, 0.25) is 0 Å². The average molecular weight is 219 g/mol. The lowest BCUT2D eigenvalue weighted by Gasteiger charge is -2.09. The lowest BCUT2D eigenvalue weighted by atomic mass is 10.1. The Morgan fingerprint density at radius 1 is 1.25 bits per heavy atom. The summed E-state index contributed by atoms with van der Waals surface area (Å²) in [4.78, 5) is 0. The Hall–Kier alpha value is -1.02. The van der Waals surface area contributed by atoms with E-state index in [9.17, 15) is 0 Å². The van der Waals surface area contributed by atoms with E-state index in [0.29, 0.717) is 0 Å². The molecule has 0 bridgehead atoms. The second-order valence-corrected chi connectivity index (χ2v) is 4.89. The van der Waals surface area contributed by atoms with Crippen LogP contribution in [0, 0.1) is 0 Å². The van der Waals surface area contributed by atoms with E-state index in [0.717, 1.165) is 25.2 Å². The van der Waals surface area contributed by atoms with E-state index in [1.54, 1.807) is 0 Å². The van der Waals surface area contributed by atoms with Crippen molar-refractivity contribution in [3.63, 3.8) is 0 Å². The van der Waals surface area contributed by atoms with Crippen LogP contribution in [0.15, 0.2) is 24.3 Å². The minimum absolute atomic E-state index is 0.102. The highest BCUT2D eigenvalue weighted by atomic mass is 16.5. The average Bonchev–Trinajstić information content (AvgIpc) is 2.99. The first-order valence-corrected chi connectivity index (χ1v) is 6.22. The molecule has 1 saturated carbocycles. The molecule has 0 radical (unpaired) electrons. The fourth-order valence-corrected chi connectivity index (χ4v) is 1.78. The largest absolute Gasteiger partial charge is 0.494 e. The molecule has 2 nitrogen and oxygen atoms in total. The molecule has 1 aliphatic carbocycles. The van der Waals surface area contributed by atoms with Crippen molar-refractivity contribution in [3.05, 3.63) is 29.8 Å². The van der Waals surface area contributed by atoms with E-state index in [4.69, 9.17) is 10.5 Å². The Bertz CT molecular complexity index is 327. The molecule has 2 heteroatoms. The van der Waals surface area contributed by atoms with Gasteiger partial charge in [-0.2, -0.15) is 0 Å². The van der Waals surface area contributed by atoms with Crippen LogP contribution in [0.5, 0.6) is 5.75 Å². The van der Waals surface area contributed by atoms with Gasteiger partial charge < -0.3 is 10.5 Å². The van der Waals surface area contributed by atoms with Crippen LogP contribution in [0.2, 0.25) is 0 Å². The van der Waals surface area contributed by atoms with Gasteiger partial charge >= 0.3 is 0 Å². The van der Waals surface area contributed by atoms with E-state index in [1.807, 2.05) is 0 Å². The van der Waals surface area contributed by atoms with Crippen LogP contribution in [0.3, 0.4) is 0 Å². The topological polar surface area (TPSA) is 35.2 Å². The van der Waals surface area contributed by atoms with Crippen molar-refractivity contribution in [1.82, 2.24) is 0 Å². The third kappa shape index (κ3) is 3.24. The molecule has 0 spiro atoms. The summed E-state index contributed by atoms with van der Waals surface area (Å²) >= 11 is 0. The summed E-state index contributed by atoms with van der Waals surface area (Å²) in [6.45, 7) is 2.99. The molecule has 1 aliphatic rings. The predicted molar refractivity (Wildman–Crippen MR) is 66.7 cm³/mol. The number of benzene rings is 1. The Morgan fingerprint density at radius 2 is 1.94 bits per heavy atom. The summed E-state index contributed by atoms with van der Waals surface area (Å²) in [5.74, 6) is 0.971. The van der Waals surface area contributed by atoms with Gasteiger partial charge in [-0.25, -0.2) is 0 Å². The first-order valence-electron chi connectivity index (χ1n) is 6.22. The van der Waals surface area contributed by atoms with Crippen molar-refractivity contribution >= 4 is 0 Å². The van der Waals surface area contributed by atoms with Gasteiger partial charge in [0, 0.05) is 5.54 Å². The van der Waals surface area contributed by atoms with Gasteiger partial charge in [0.1, 0.15) is 5.75 Å². The van der Waals surface area contributed by atoms with Crippen LogP contribution in [-0.2, 0) is 6.42 Å². The minimum Gasteiger partial charge on any atom is -0.494 e. The standard InChI is InChI=1S/C14H21NO/c1-2-3-10-16-13-6-4-12(5-7-13)11-14(15)8-9-14/h4-7H,2-3,8-11,15H2,1H3. The van der Waals surface area contributed by atoms with Gasteiger partial charge in [0.05, 0.1) is 6.61 Å². The summed E-state index contributed by atoms with van der Waals surface area (Å²) in [7, 11) is 0. The summed E-state index contributed by atoms with van der Waals surface area (Å²) < 4.78 is 5.62. The molecular formula is C14H21NO. The van der Waals surface area contributed by atoms with Crippen LogP contribution in [0.1, 0.15) is 38.2 Å². The van der Waals surface area contributed by atoms with Gasteiger partial charge in [-0.05, 0) is 43.4 Å². The molecule has 0 atom stereocenters. The molecule has 1 aromatic rings. The monoisotopic (exact) mass is 219 g/mol. The summed E-state index contributed by atoms with van der Waals surface area (Å²) in [5, 5.41) is 0. The number of hydrogen-bond acceptors (Lipinski definition) is 2. The highest BCUT2D eigenvalue weighted by molar-refractivity contribution is 5.29. The van der Waals surface area contributed by atoms with Gasteiger partial charge in [0.25, 0.3) is 0 Å². The lowest BCUT2D eigenvalue weighted by Crippen LogP contribution is -2.24.